The molecule has 1 heterocycles. The van der Waals surface area contributed by atoms with Gasteiger partial charge in [0.1, 0.15) is 0 Å². The van der Waals surface area contributed by atoms with Crippen molar-refractivity contribution >= 4 is 5.91 Å². The second-order valence-electron chi connectivity index (χ2n) is 8.23. The molecule has 1 aliphatic carbocycles. The summed E-state index contributed by atoms with van der Waals surface area (Å²) in [5.74, 6) is 0.820. The minimum absolute atomic E-state index is 0.268. The molecule has 0 N–H and O–H groups in total. The zero-order chi connectivity index (χ0) is 18.6. The summed E-state index contributed by atoms with van der Waals surface area (Å²) in [5, 5.41) is 4.67. The van der Waals surface area contributed by atoms with E-state index in [0.29, 0.717) is 18.4 Å². The van der Waals surface area contributed by atoms with Crippen LogP contribution in [0.4, 0.5) is 0 Å². The first-order chi connectivity index (χ1) is 11.8. The van der Waals surface area contributed by atoms with Gasteiger partial charge in [-0.25, -0.2) is 0 Å². The second-order valence-corrected chi connectivity index (χ2v) is 8.23. The van der Waals surface area contributed by atoms with Gasteiger partial charge in [-0.1, -0.05) is 26.7 Å². The number of aromatic nitrogens is 2. The fraction of sp³-hybridized carbons (Fsp3) is 0.800. The number of rotatable bonds is 8. The summed E-state index contributed by atoms with van der Waals surface area (Å²) in [6.45, 7) is 11.2. The lowest BCUT2D eigenvalue weighted by molar-refractivity contribution is -0.132. The van der Waals surface area contributed by atoms with Crippen LogP contribution in [0.25, 0.3) is 0 Å². The van der Waals surface area contributed by atoms with Crippen molar-refractivity contribution in [2.45, 2.75) is 72.4 Å². The van der Waals surface area contributed by atoms with Gasteiger partial charge in [0, 0.05) is 36.9 Å². The quantitative estimate of drug-likeness (QED) is 0.725. The van der Waals surface area contributed by atoms with Gasteiger partial charge in [0.25, 0.3) is 0 Å². The largest absolute Gasteiger partial charge is 0.338 e. The molecular formula is C20H36N4O. The normalized spacial score (nSPS) is 15.5. The standard InChI is InChI=1S/C20H36N4O/c1-15(2)14-24-17(4)19(16(3)21-24)13-20(25)23(12-11-22(5)6)18-9-7-8-10-18/h15,18H,7-14H2,1-6H3. The lowest BCUT2D eigenvalue weighted by Crippen LogP contribution is -2.43. The van der Waals surface area contributed by atoms with Crippen LogP contribution in [0.5, 0.6) is 0 Å². The second kappa shape index (κ2) is 8.84. The maximum atomic E-state index is 13.1. The van der Waals surface area contributed by atoms with Crippen molar-refractivity contribution in [2.75, 3.05) is 27.2 Å². The first-order valence-electron chi connectivity index (χ1n) is 9.76. The Morgan fingerprint density at radius 3 is 2.40 bits per heavy atom. The first-order valence-corrected chi connectivity index (χ1v) is 9.76. The molecule has 0 atom stereocenters. The molecule has 0 aromatic carbocycles. The van der Waals surface area contributed by atoms with E-state index in [1.165, 1.54) is 12.8 Å². The van der Waals surface area contributed by atoms with Crippen LogP contribution in [0.1, 0.15) is 56.5 Å². The fourth-order valence-corrected chi connectivity index (χ4v) is 3.80. The van der Waals surface area contributed by atoms with Gasteiger partial charge in [0.05, 0.1) is 12.1 Å². The molecule has 0 bridgehead atoms. The summed E-state index contributed by atoms with van der Waals surface area (Å²) in [6, 6.07) is 0.429. The summed E-state index contributed by atoms with van der Waals surface area (Å²) in [4.78, 5) is 17.4. The van der Waals surface area contributed by atoms with Crippen LogP contribution in [0, 0.1) is 19.8 Å². The number of aryl methyl sites for hydroxylation is 1. The molecule has 0 saturated heterocycles. The fourth-order valence-electron chi connectivity index (χ4n) is 3.80. The van der Waals surface area contributed by atoms with Gasteiger partial charge in [-0.3, -0.25) is 9.48 Å². The van der Waals surface area contributed by atoms with E-state index in [0.717, 1.165) is 49.4 Å². The molecule has 1 aliphatic rings. The van der Waals surface area contributed by atoms with E-state index in [4.69, 9.17) is 0 Å². The maximum absolute atomic E-state index is 13.1. The van der Waals surface area contributed by atoms with Crippen LogP contribution in [0.15, 0.2) is 0 Å². The lowest BCUT2D eigenvalue weighted by atomic mass is 10.1. The third-order valence-corrected chi connectivity index (χ3v) is 5.27. The van der Waals surface area contributed by atoms with Gasteiger partial charge in [0.2, 0.25) is 5.91 Å². The monoisotopic (exact) mass is 348 g/mol. The molecule has 0 radical (unpaired) electrons. The lowest BCUT2D eigenvalue weighted by Gasteiger charge is -2.30. The minimum Gasteiger partial charge on any atom is -0.338 e. The maximum Gasteiger partial charge on any atom is 0.227 e. The van der Waals surface area contributed by atoms with Crippen molar-refractivity contribution in [3.63, 3.8) is 0 Å². The van der Waals surface area contributed by atoms with E-state index < -0.39 is 0 Å². The van der Waals surface area contributed by atoms with Gasteiger partial charge in [0.15, 0.2) is 0 Å². The Morgan fingerprint density at radius 1 is 1.20 bits per heavy atom. The van der Waals surface area contributed by atoms with Crippen molar-refractivity contribution in [3.05, 3.63) is 17.0 Å². The molecule has 5 nitrogen and oxygen atoms in total. The Hall–Kier alpha value is -1.36. The molecular weight excluding hydrogens is 312 g/mol. The van der Waals surface area contributed by atoms with Gasteiger partial charge in [-0.15, -0.1) is 0 Å². The average molecular weight is 349 g/mol. The minimum atomic E-state index is 0.268. The highest BCUT2D eigenvalue weighted by molar-refractivity contribution is 5.79. The van der Waals surface area contributed by atoms with Crippen molar-refractivity contribution in [2.24, 2.45) is 5.92 Å². The molecule has 1 aromatic heterocycles. The highest BCUT2D eigenvalue weighted by atomic mass is 16.2. The third kappa shape index (κ3) is 5.30. The molecule has 1 amide bonds. The van der Waals surface area contributed by atoms with Crippen molar-refractivity contribution in [1.82, 2.24) is 19.6 Å². The summed E-state index contributed by atoms with van der Waals surface area (Å²) in [5.41, 5.74) is 3.28. The van der Waals surface area contributed by atoms with Gasteiger partial charge < -0.3 is 9.80 Å². The molecule has 1 saturated carbocycles. The van der Waals surface area contributed by atoms with E-state index in [9.17, 15) is 4.79 Å². The van der Waals surface area contributed by atoms with Crippen LogP contribution < -0.4 is 0 Å². The number of hydrogen-bond acceptors (Lipinski definition) is 3. The van der Waals surface area contributed by atoms with E-state index in [-0.39, 0.29) is 5.91 Å². The summed E-state index contributed by atoms with van der Waals surface area (Å²) >= 11 is 0. The molecule has 0 unspecified atom stereocenters. The highest BCUT2D eigenvalue weighted by Crippen LogP contribution is 2.25. The third-order valence-electron chi connectivity index (χ3n) is 5.27. The summed E-state index contributed by atoms with van der Waals surface area (Å²) < 4.78 is 2.07. The summed E-state index contributed by atoms with van der Waals surface area (Å²) in [7, 11) is 4.14. The van der Waals surface area contributed by atoms with Crippen LogP contribution in [0.2, 0.25) is 0 Å². The highest BCUT2D eigenvalue weighted by Gasteiger charge is 2.27. The Kier molecular flexibility index (Phi) is 7.05. The summed E-state index contributed by atoms with van der Waals surface area (Å²) in [6.07, 6.45) is 5.30. The van der Waals surface area contributed by atoms with Crippen molar-refractivity contribution in [3.8, 4) is 0 Å². The predicted octanol–water partition coefficient (Wildman–Crippen LogP) is 3.03. The molecule has 0 aliphatic heterocycles. The van der Waals surface area contributed by atoms with E-state index in [1.54, 1.807) is 0 Å². The molecule has 142 valence electrons. The number of carbonyl (C=O) groups excluding carboxylic acids is 1. The van der Waals surface area contributed by atoms with Gasteiger partial charge >= 0.3 is 0 Å². The van der Waals surface area contributed by atoms with Crippen LogP contribution >= 0.6 is 0 Å². The van der Waals surface area contributed by atoms with Gasteiger partial charge in [-0.05, 0) is 46.7 Å². The van der Waals surface area contributed by atoms with E-state index in [1.807, 2.05) is 6.92 Å². The zero-order valence-corrected chi connectivity index (χ0v) is 17.0. The smallest absolute Gasteiger partial charge is 0.227 e. The number of amides is 1. The van der Waals surface area contributed by atoms with Crippen LogP contribution in [0.3, 0.4) is 0 Å². The Balaban J connectivity index is 2.12. The molecule has 5 heteroatoms. The Morgan fingerprint density at radius 2 is 1.84 bits per heavy atom. The first kappa shape index (κ1) is 20.0. The van der Waals surface area contributed by atoms with Crippen LogP contribution in [-0.2, 0) is 17.8 Å². The molecule has 25 heavy (non-hydrogen) atoms. The predicted molar refractivity (Wildman–Crippen MR) is 103 cm³/mol. The average Bonchev–Trinajstić information content (AvgIpc) is 3.12. The van der Waals surface area contributed by atoms with E-state index in [2.05, 4.69) is 54.4 Å². The van der Waals surface area contributed by atoms with Crippen molar-refractivity contribution < 1.29 is 4.79 Å². The zero-order valence-electron chi connectivity index (χ0n) is 17.0. The Bertz CT molecular complexity index is 570. The van der Waals surface area contributed by atoms with Crippen LogP contribution in [-0.4, -0.2) is 58.7 Å². The number of hydrogen-bond donors (Lipinski definition) is 0. The topological polar surface area (TPSA) is 41.4 Å². The SMILES string of the molecule is Cc1nn(CC(C)C)c(C)c1CC(=O)N(CCN(C)C)C1CCCC1. The Labute approximate surface area is 153 Å². The van der Waals surface area contributed by atoms with E-state index >= 15 is 0 Å². The molecule has 1 fully saturated rings. The van der Waals surface area contributed by atoms with Gasteiger partial charge in [-0.2, -0.15) is 5.10 Å². The number of nitrogens with zero attached hydrogens (tertiary/aromatic N) is 4. The number of likely N-dealkylation sites (N-methyl/N-ethyl adjacent to an activating group) is 1. The van der Waals surface area contributed by atoms with Crippen molar-refractivity contribution in [1.29, 1.82) is 0 Å². The number of carbonyl (C=O) groups is 1. The molecule has 2 rings (SSSR count). The molecule has 0 spiro atoms. The molecule has 1 aromatic rings.